The molecule has 0 fully saturated rings. The molecule has 0 saturated heterocycles. The molecule has 2 N–H and O–H groups in total. The van der Waals surface area contributed by atoms with Crippen molar-refractivity contribution in [2.24, 2.45) is 0 Å². The number of nitrogen functional groups attached to an aromatic ring is 1. The topological polar surface area (TPSA) is 48.1 Å². The molecule has 2 aromatic rings. The van der Waals surface area contributed by atoms with Gasteiger partial charge >= 0.3 is 0 Å². The van der Waals surface area contributed by atoms with Crippen LogP contribution in [-0.4, -0.2) is 4.98 Å². The Morgan fingerprint density at radius 2 is 1.76 bits per heavy atom. The molecule has 0 atom stereocenters. The maximum Gasteiger partial charge on any atom is 0.221 e. The van der Waals surface area contributed by atoms with Crippen LogP contribution in [0.4, 0.5) is 14.5 Å². The number of rotatable bonds is 2. The number of pyridine rings is 1. The summed E-state index contributed by atoms with van der Waals surface area (Å²) in [7, 11) is 0. The van der Waals surface area contributed by atoms with E-state index in [2.05, 4.69) is 4.98 Å². The summed E-state index contributed by atoms with van der Waals surface area (Å²) in [5.74, 6) is -1.18. The third kappa shape index (κ3) is 2.69. The Labute approximate surface area is 96.9 Å². The average molecular weight is 236 g/mol. The van der Waals surface area contributed by atoms with E-state index in [1.54, 1.807) is 6.92 Å². The van der Waals surface area contributed by atoms with Gasteiger partial charge in [-0.05, 0) is 12.5 Å². The first-order valence-corrected chi connectivity index (χ1v) is 4.90. The van der Waals surface area contributed by atoms with Crippen molar-refractivity contribution in [3.05, 3.63) is 47.7 Å². The number of nitrogens with two attached hydrogens (primary N) is 1. The Morgan fingerprint density at radius 3 is 2.35 bits per heavy atom. The molecule has 3 nitrogen and oxygen atoms in total. The van der Waals surface area contributed by atoms with E-state index in [0.717, 1.165) is 23.8 Å². The van der Waals surface area contributed by atoms with E-state index in [9.17, 15) is 8.78 Å². The molecule has 0 aliphatic rings. The molecule has 0 saturated carbocycles. The second kappa shape index (κ2) is 4.37. The van der Waals surface area contributed by atoms with E-state index in [1.165, 1.54) is 12.3 Å². The van der Waals surface area contributed by atoms with Gasteiger partial charge in [0.05, 0.1) is 0 Å². The summed E-state index contributed by atoms with van der Waals surface area (Å²) in [4.78, 5) is 3.95. The first kappa shape index (κ1) is 11.3. The number of benzene rings is 1. The first-order valence-electron chi connectivity index (χ1n) is 4.90. The molecule has 2 rings (SSSR count). The molecule has 0 radical (unpaired) electrons. The Hall–Kier alpha value is -2.17. The molecule has 1 heterocycles. The maximum atomic E-state index is 12.9. The molecule has 0 aliphatic carbocycles. The lowest BCUT2D eigenvalue weighted by molar-refractivity contribution is 0.451. The molecule has 0 unspecified atom stereocenters. The molecule has 0 spiro atoms. The summed E-state index contributed by atoms with van der Waals surface area (Å²) in [6.45, 7) is 1.80. The second-order valence-electron chi connectivity index (χ2n) is 3.59. The molecule has 1 aromatic heterocycles. The van der Waals surface area contributed by atoms with Crippen LogP contribution in [-0.2, 0) is 0 Å². The minimum absolute atomic E-state index is 0.0400. The third-order valence-electron chi connectivity index (χ3n) is 2.18. The van der Waals surface area contributed by atoms with Crippen molar-refractivity contribution in [3.63, 3.8) is 0 Å². The predicted octanol–water partition coefficient (Wildman–Crippen LogP) is 3.04. The number of anilines is 1. The zero-order valence-corrected chi connectivity index (χ0v) is 9.08. The Bertz CT molecular complexity index is 538. The smallest absolute Gasteiger partial charge is 0.221 e. The van der Waals surface area contributed by atoms with Crippen LogP contribution in [0, 0.1) is 18.6 Å². The van der Waals surface area contributed by atoms with Crippen LogP contribution >= 0.6 is 0 Å². The Morgan fingerprint density at radius 1 is 1.12 bits per heavy atom. The maximum absolute atomic E-state index is 12.9. The summed E-state index contributed by atoms with van der Waals surface area (Å²) in [5.41, 5.74) is 6.98. The zero-order chi connectivity index (χ0) is 12.4. The lowest BCUT2D eigenvalue weighted by atomic mass is 10.3. The number of ether oxygens (including phenoxy) is 1. The molecule has 0 bridgehead atoms. The van der Waals surface area contributed by atoms with Gasteiger partial charge in [0.25, 0.3) is 0 Å². The Balaban J connectivity index is 2.28. The molecule has 1 aromatic carbocycles. The van der Waals surface area contributed by atoms with Crippen LogP contribution in [0.1, 0.15) is 5.56 Å². The van der Waals surface area contributed by atoms with Gasteiger partial charge in [0.2, 0.25) is 5.88 Å². The van der Waals surface area contributed by atoms with E-state index < -0.39 is 11.6 Å². The highest BCUT2D eigenvalue weighted by Crippen LogP contribution is 2.23. The van der Waals surface area contributed by atoms with Crippen LogP contribution in [0.5, 0.6) is 11.6 Å². The fourth-order valence-corrected chi connectivity index (χ4v) is 1.28. The van der Waals surface area contributed by atoms with Gasteiger partial charge in [-0.2, -0.15) is 0 Å². The fraction of sp³-hybridized carbons (Fsp3) is 0.0833. The molecule has 17 heavy (non-hydrogen) atoms. The van der Waals surface area contributed by atoms with Crippen LogP contribution in [0.25, 0.3) is 0 Å². The fourth-order valence-electron chi connectivity index (χ4n) is 1.28. The summed E-state index contributed by atoms with van der Waals surface area (Å²) in [6.07, 6.45) is 1.53. The van der Waals surface area contributed by atoms with Crippen LogP contribution < -0.4 is 10.5 Å². The molecule has 0 amide bonds. The van der Waals surface area contributed by atoms with Gasteiger partial charge in [-0.15, -0.1) is 0 Å². The standard InChI is InChI=1S/C12H10F2N2O/c1-7-6-16-12(5-11(7)15)17-10-3-8(13)2-9(14)4-10/h2-6H,1H3,(H2,15,16). The van der Waals surface area contributed by atoms with Gasteiger partial charge in [-0.3, -0.25) is 0 Å². The minimum atomic E-state index is -0.708. The van der Waals surface area contributed by atoms with E-state index >= 15 is 0 Å². The SMILES string of the molecule is Cc1cnc(Oc2cc(F)cc(F)c2)cc1N. The van der Waals surface area contributed by atoms with Gasteiger partial charge in [0.15, 0.2) is 0 Å². The zero-order valence-electron chi connectivity index (χ0n) is 9.08. The number of halogens is 2. The van der Waals surface area contributed by atoms with Gasteiger partial charge in [-0.25, -0.2) is 13.8 Å². The van der Waals surface area contributed by atoms with Gasteiger partial charge in [0.1, 0.15) is 17.4 Å². The van der Waals surface area contributed by atoms with Crippen molar-refractivity contribution in [2.45, 2.75) is 6.92 Å². The van der Waals surface area contributed by atoms with Crippen molar-refractivity contribution < 1.29 is 13.5 Å². The third-order valence-corrected chi connectivity index (χ3v) is 2.18. The van der Waals surface area contributed by atoms with E-state index in [0.29, 0.717) is 5.69 Å². The summed E-state index contributed by atoms with van der Waals surface area (Å²) >= 11 is 0. The van der Waals surface area contributed by atoms with Gasteiger partial charge in [0, 0.05) is 36.1 Å². The first-order chi connectivity index (χ1) is 8.04. The highest BCUT2D eigenvalue weighted by Gasteiger charge is 2.05. The summed E-state index contributed by atoms with van der Waals surface area (Å²) in [5, 5.41) is 0. The van der Waals surface area contributed by atoms with Crippen molar-refractivity contribution >= 4 is 5.69 Å². The lowest BCUT2D eigenvalue weighted by Crippen LogP contribution is -1.94. The molecular weight excluding hydrogens is 226 g/mol. The molecule has 88 valence electrons. The van der Waals surface area contributed by atoms with Gasteiger partial charge < -0.3 is 10.5 Å². The highest BCUT2D eigenvalue weighted by molar-refractivity contribution is 5.47. The van der Waals surface area contributed by atoms with Crippen molar-refractivity contribution in [1.82, 2.24) is 4.98 Å². The average Bonchev–Trinajstić information content (AvgIpc) is 2.22. The number of aryl methyl sites for hydroxylation is 1. The van der Waals surface area contributed by atoms with E-state index in [4.69, 9.17) is 10.5 Å². The van der Waals surface area contributed by atoms with Crippen molar-refractivity contribution in [3.8, 4) is 11.6 Å². The van der Waals surface area contributed by atoms with Crippen LogP contribution in [0.15, 0.2) is 30.5 Å². The largest absolute Gasteiger partial charge is 0.439 e. The highest BCUT2D eigenvalue weighted by atomic mass is 19.1. The van der Waals surface area contributed by atoms with Crippen molar-refractivity contribution in [1.29, 1.82) is 0 Å². The quantitative estimate of drug-likeness (QED) is 0.871. The number of hydrogen-bond donors (Lipinski definition) is 1. The Kier molecular flexibility index (Phi) is 2.91. The molecule has 0 aliphatic heterocycles. The molecular formula is C12H10F2N2O. The van der Waals surface area contributed by atoms with E-state index in [-0.39, 0.29) is 11.6 Å². The van der Waals surface area contributed by atoms with Crippen LogP contribution in [0.2, 0.25) is 0 Å². The second-order valence-corrected chi connectivity index (χ2v) is 3.59. The number of aromatic nitrogens is 1. The number of hydrogen-bond acceptors (Lipinski definition) is 3. The molecule has 5 heteroatoms. The van der Waals surface area contributed by atoms with Crippen LogP contribution in [0.3, 0.4) is 0 Å². The summed E-state index contributed by atoms with van der Waals surface area (Å²) < 4.78 is 31.0. The normalized spacial score (nSPS) is 10.3. The summed E-state index contributed by atoms with van der Waals surface area (Å²) in [6, 6.07) is 4.41. The van der Waals surface area contributed by atoms with Crippen molar-refractivity contribution in [2.75, 3.05) is 5.73 Å². The monoisotopic (exact) mass is 236 g/mol. The van der Waals surface area contributed by atoms with Gasteiger partial charge in [-0.1, -0.05) is 0 Å². The minimum Gasteiger partial charge on any atom is -0.439 e. The van der Waals surface area contributed by atoms with E-state index in [1.807, 2.05) is 0 Å². The number of nitrogens with zero attached hydrogens (tertiary/aromatic N) is 1. The predicted molar refractivity (Wildman–Crippen MR) is 59.8 cm³/mol. The lowest BCUT2D eigenvalue weighted by Gasteiger charge is -2.06.